The van der Waals surface area contributed by atoms with Gasteiger partial charge in [-0.2, -0.15) is 0 Å². The second-order valence-electron chi connectivity index (χ2n) is 16.2. The molecule has 47 heavy (non-hydrogen) atoms. The molecule has 8 rings (SSSR count). The maximum absolute atomic E-state index is 14.9. The van der Waals surface area contributed by atoms with E-state index in [0.717, 1.165) is 36.3 Å². The Hall–Kier alpha value is -2.92. The van der Waals surface area contributed by atoms with Crippen LogP contribution in [0, 0.1) is 0 Å². The number of likely N-dealkylation sites (N-methyl/N-ethyl adjacent to an activating group) is 1. The molecule has 1 unspecified atom stereocenters. The minimum Gasteiger partial charge on any atom is -0.365 e. The van der Waals surface area contributed by atoms with E-state index in [-0.39, 0.29) is 35.6 Å². The second kappa shape index (κ2) is 10.1. The van der Waals surface area contributed by atoms with Gasteiger partial charge in [-0.15, -0.1) is 0 Å². The summed E-state index contributed by atoms with van der Waals surface area (Å²) < 4.78 is 38.1. The highest BCUT2D eigenvalue weighted by Gasteiger charge is 2.79. The Morgan fingerprint density at radius 1 is 0.979 bits per heavy atom. The lowest BCUT2D eigenvalue weighted by Crippen LogP contribution is -2.75. The van der Waals surface area contributed by atoms with E-state index in [9.17, 15) is 13.2 Å². The molecule has 8 nitrogen and oxygen atoms in total. The Morgan fingerprint density at radius 3 is 2.38 bits per heavy atom. The SMILES string of the molecule is C/C=C/C=C/C(=O)N1CC[C@@]23c4ccccc4N(S(=O)(=O)CC[Si](C)(C)C)[C@@H]4N(C)c5cccc6c5[C@@]42CCN([C@@H]13)[C@@H]6[C@H]1OC1(C)C. The molecule has 0 aromatic heterocycles. The van der Waals surface area contributed by atoms with Crippen LogP contribution in [0.1, 0.15) is 56.3 Å². The quantitative estimate of drug-likeness (QED) is 0.161. The van der Waals surface area contributed by atoms with Crippen molar-refractivity contribution in [1.82, 2.24) is 9.80 Å². The number of rotatable bonds is 7. The number of carbonyl (C=O) groups excluding carboxylic acids is 1. The minimum absolute atomic E-state index is 0.00139. The molecule has 0 aliphatic carbocycles. The topological polar surface area (TPSA) is 76.7 Å². The molecule has 0 radical (unpaired) electrons. The van der Waals surface area contributed by atoms with Crippen LogP contribution in [0.4, 0.5) is 11.4 Å². The summed E-state index contributed by atoms with van der Waals surface area (Å²) in [6.45, 7) is 14.4. The van der Waals surface area contributed by atoms with Gasteiger partial charge in [-0.3, -0.25) is 9.69 Å². The number of amides is 1. The first-order valence-electron chi connectivity index (χ1n) is 17.2. The summed E-state index contributed by atoms with van der Waals surface area (Å²) in [5, 5.41) is 0. The first-order valence-corrected chi connectivity index (χ1v) is 22.5. The maximum Gasteiger partial charge on any atom is 0.247 e. The monoisotopic (exact) mass is 672 g/mol. The van der Waals surface area contributed by atoms with Crippen molar-refractivity contribution in [3.8, 4) is 0 Å². The molecule has 2 aromatic carbocycles. The van der Waals surface area contributed by atoms with Gasteiger partial charge >= 0.3 is 0 Å². The zero-order chi connectivity index (χ0) is 33.3. The molecule has 6 aliphatic rings. The third-order valence-electron chi connectivity index (χ3n) is 12.2. The summed E-state index contributed by atoms with van der Waals surface area (Å²) in [5.74, 6) is 0.134. The number of hydrogen-bond donors (Lipinski definition) is 0. The van der Waals surface area contributed by atoms with Crippen molar-refractivity contribution in [1.29, 1.82) is 0 Å². The summed E-state index contributed by atoms with van der Waals surface area (Å²) in [5.41, 5.74) is 4.06. The normalized spacial score (nSPS) is 34.5. The van der Waals surface area contributed by atoms with Crippen LogP contribution >= 0.6 is 0 Å². The fourth-order valence-electron chi connectivity index (χ4n) is 10.3. The van der Waals surface area contributed by atoms with Gasteiger partial charge in [0, 0.05) is 45.4 Å². The molecule has 0 saturated carbocycles. The van der Waals surface area contributed by atoms with E-state index in [1.54, 1.807) is 6.08 Å². The third kappa shape index (κ3) is 4.04. The number of ether oxygens (including phenoxy) is 1. The van der Waals surface area contributed by atoms with Gasteiger partial charge in [0.2, 0.25) is 15.9 Å². The lowest BCUT2D eigenvalue weighted by Gasteiger charge is -2.64. The molecule has 3 saturated heterocycles. The number of benzene rings is 2. The number of hydrogen-bond acceptors (Lipinski definition) is 6. The minimum atomic E-state index is -3.71. The molecule has 250 valence electrons. The number of fused-ring (bicyclic) bond motifs is 1. The predicted octanol–water partition coefficient (Wildman–Crippen LogP) is 5.75. The maximum atomic E-state index is 14.9. The highest BCUT2D eigenvalue weighted by atomic mass is 32.2. The Labute approximate surface area is 281 Å². The first kappa shape index (κ1) is 31.4. The molecule has 3 fully saturated rings. The van der Waals surface area contributed by atoms with E-state index in [1.165, 1.54) is 11.1 Å². The fourth-order valence-corrected chi connectivity index (χ4v) is 15.0. The van der Waals surface area contributed by atoms with E-state index in [0.29, 0.717) is 12.6 Å². The molecule has 6 heterocycles. The summed E-state index contributed by atoms with van der Waals surface area (Å²) in [6.07, 6.45) is 8.19. The van der Waals surface area contributed by atoms with Crippen LogP contribution < -0.4 is 9.21 Å². The average Bonchev–Trinajstić information content (AvgIpc) is 3.41. The fraction of sp³-hybridized carbons (Fsp3) is 0.541. The van der Waals surface area contributed by atoms with E-state index in [2.05, 4.69) is 85.6 Å². The van der Waals surface area contributed by atoms with E-state index in [1.807, 2.05) is 41.6 Å². The Bertz CT molecular complexity index is 1840. The lowest BCUT2D eigenvalue weighted by molar-refractivity contribution is -0.137. The van der Waals surface area contributed by atoms with Crippen molar-refractivity contribution < 1.29 is 17.9 Å². The molecular formula is C37H48N4O4SSi. The highest BCUT2D eigenvalue weighted by molar-refractivity contribution is 7.92. The Kier molecular flexibility index (Phi) is 6.71. The molecule has 7 atom stereocenters. The van der Waals surface area contributed by atoms with Crippen molar-refractivity contribution in [3.63, 3.8) is 0 Å². The van der Waals surface area contributed by atoms with Gasteiger partial charge in [-0.25, -0.2) is 12.7 Å². The predicted molar refractivity (Wildman–Crippen MR) is 190 cm³/mol. The number of carbonyl (C=O) groups is 1. The van der Waals surface area contributed by atoms with Crippen molar-refractivity contribution >= 4 is 35.4 Å². The number of epoxide rings is 1. The van der Waals surface area contributed by atoms with Crippen LogP contribution in [0.5, 0.6) is 0 Å². The van der Waals surface area contributed by atoms with E-state index < -0.39 is 35.1 Å². The van der Waals surface area contributed by atoms with Crippen molar-refractivity contribution in [2.75, 3.05) is 35.1 Å². The molecule has 0 N–H and O–H groups in total. The van der Waals surface area contributed by atoms with E-state index >= 15 is 0 Å². The van der Waals surface area contributed by atoms with Gasteiger partial charge in [0.1, 0.15) is 12.3 Å². The molecule has 10 heteroatoms. The average molecular weight is 673 g/mol. The van der Waals surface area contributed by atoms with Crippen LogP contribution in [0.3, 0.4) is 0 Å². The highest BCUT2D eigenvalue weighted by Crippen LogP contribution is 2.73. The van der Waals surface area contributed by atoms with Gasteiger partial charge in [0.05, 0.1) is 34.7 Å². The second-order valence-corrected chi connectivity index (χ2v) is 23.8. The van der Waals surface area contributed by atoms with Crippen LogP contribution in [-0.4, -0.2) is 82.1 Å². The van der Waals surface area contributed by atoms with Gasteiger partial charge in [-0.05, 0) is 68.5 Å². The molecule has 1 amide bonds. The van der Waals surface area contributed by atoms with Gasteiger partial charge in [0.25, 0.3) is 0 Å². The summed E-state index contributed by atoms with van der Waals surface area (Å²) in [7, 11) is -3.28. The first-order chi connectivity index (χ1) is 22.2. The van der Waals surface area contributed by atoms with Gasteiger partial charge < -0.3 is 14.5 Å². The smallest absolute Gasteiger partial charge is 0.247 e. The van der Waals surface area contributed by atoms with Crippen molar-refractivity contribution in [2.45, 2.75) is 100 Å². The van der Waals surface area contributed by atoms with Crippen LogP contribution in [-0.2, 0) is 30.4 Å². The lowest BCUT2D eigenvalue weighted by atomic mass is 9.50. The van der Waals surface area contributed by atoms with Crippen LogP contribution in [0.2, 0.25) is 25.7 Å². The zero-order valence-corrected chi connectivity index (χ0v) is 30.5. The largest absolute Gasteiger partial charge is 0.365 e. The van der Waals surface area contributed by atoms with Gasteiger partial charge in [0.15, 0.2) is 0 Å². The number of likely N-dealkylation sites (tertiary alicyclic amines) is 1. The summed E-state index contributed by atoms with van der Waals surface area (Å²) in [4.78, 5) is 21.2. The summed E-state index contributed by atoms with van der Waals surface area (Å²) >= 11 is 0. The number of anilines is 2. The van der Waals surface area contributed by atoms with Crippen LogP contribution in [0.15, 0.2) is 66.8 Å². The van der Waals surface area contributed by atoms with Crippen molar-refractivity contribution in [3.05, 3.63) is 83.5 Å². The number of para-hydroxylation sites is 1. The number of sulfonamides is 1. The number of allylic oxidation sites excluding steroid dienone is 3. The standard InChI is InChI=1S/C37H48N4O4SSi/c1-8-9-10-18-29(42)39-21-19-36-26-15-11-12-16-27(26)41(46(43,44)23-24-47(5,6)7)33-37(36)20-22-40(34(36)39)31(32-35(2,3)45-32)25-14-13-17-28(30(25)37)38(33)4/h8-18,31-34H,19-24H2,1-7H3/b9-8+,18-10+/t31-,32+,33-,34+,36-,37-/m0/s1. The number of nitrogens with zero attached hydrogens (tertiary/aromatic N) is 4. The Balaban J connectivity index is 1.44. The molecule has 2 bridgehead atoms. The molecule has 2 aromatic rings. The molecule has 2 spiro atoms. The zero-order valence-electron chi connectivity index (χ0n) is 28.7. The number of piperidine rings is 1. The molecular weight excluding hydrogens is 625 g/mol. The molecule has 6 aliphatic heterocycles. The third-order valence-corrected chi connectivity index (χ3v) is 16.0. The van der Waals surface area contributed by atoms with E-state index in [4.69, 9.17) is 4.74 Å². The summed E-state index contributed by atoms with van der Waals surface area (Å²) in [6, 6.07) is 15.5. The van der Waals surface area contributed by atoms with Gasteiger partial charge in [-0.1, -0.05) is 68.2 Å². The Morgan fingerprint density at radius 2 is 1.68 bits per heavy atom. The van der Waals surface area contributed by atoms with Crippen molar-refractivity contribution in [2.24, 2.45) is 0 Å². The van der Waals surface area contributed by atoms with Crippen LogP contribution in [0.25, 0.3) is 0 Å².